The summed E-state index contributed by atoms with van der Waals surface area (Å²) in [6, 6.07) is 3.16. The van der Waals surface area contributed by atoms with Crippen molar-refractivity contribution < 1.29 is 28.6 Å². The molecule has 1 fully saturated rings. The largest absolute Gasteiger partial charge is 0.396 e. The number of anilines is 1. The molecule has 1 aromatic heterocycles. The molecule has 4 rings (SSSR count). The minimum atomic E-state index is -0.758. The van der Waals surface area contributed by atoms with E-state index in [2.05, 4.69) is 24.5 Å². The number of aliphatic hydroxyl groups is 2. The molecule has 7 nitrogen and oxygen atoms in total. The zero-order chi connectivity index (χ0) is 28.4. The number of rotatable bonds is 10. The zero-order valence-electron chi connectivity index (χ0n) is 22.9. The third-order valence-corrected chi connectivity index (χ3v) is 9.96. The van der Waals surface area contributed by atoms with Gasteiger partial charge in [-0.25, -0.2) is 13.8 Å². The Labute approximate surface area is 232 Å². The molecule has 2 aliphatic rings. The highest BCUT2D eigenvalue weighted by atomic mass is 32.1. The van der Waals surface area contributed by atoms with Crippen LogP contribution in [0.15, 0.2) is 18.2 Å². The van der Waals surface area contributed by atoms with Crippen LogP contribution in [0.4, 0.5) is 13.9 Å². The van der Waals surface area contributed by atoms with E-state index in [4.69, 9.17) is 4.98 Å². The topological polar surface area (TPSA) is 112 Å². The molecule has 39 heavy (non-hydrogen) atoms. The molecule has 0 saturated heterocycles. The fraction of sp³-hybridized carbons (Fsp3) is 0.621. The van der Waals surface area contributed by atoms with Gasteiger partial charge in [-0.05, 0) is 54.7 Å². The lowest BCUT2D eigenvalue weighted by Gasteiger charge is -2.58. The Morgan fingerprint density at radius 3 is 2.54 bits per heavy atom. The number of aromatic nitrogens is 1. The number of carbonyl (C=O) groups is 2. The van der Waals surface area contributed by atoms with E-state index in [1.165, 1.54) is 23.5 Å². The second-order valence-corrected chi connectivity index (χ2v) is 12.7. The van der Waals surface area contributed by atoms with Crippen molar-refractivity contribution >= 4 is 28.3 Å². The Kier molecular flexibility index (Phi) is 9.08. The maximum Gasteiger partial charge on any atom is 0.226 e. The molecule has 4 N–H and O–H groups in total. The van der Waals surface area contributed by atoms with Crippen molar-refractivity contribution in [2.45, 2.75) is 90.7 Å². The summed E-state index contributed by atoms with van der Waals surface area (Å²) >= 11 is 1.39. The van der Waals surface area contributed by atoms with Crippen molar-refractivity contribution in [3.8, 4) is 0 Å². The first-order valence-electron chi connectivity index (χ1n) is 13.8. The maximum absolute atomic E-state index is 13.6. The Morgan fingerprint density at radius 2 is 1.87 bits per heavy atom. The first-order valence-corrected chi connectivity index (χ1v) is 14.6. The summed E-state index contributed by atoms with van der Waals surface area (Å²) in [6.07, 6.45) is 4.35. The summed E-state index contributed by atoms with van der Waals surface area (Å²) in [6.45, 7) is 5.88. The standard InChI is InChI=1S/C29H39F2N3O4S/c1-4-5-6-7-24(37)33-27-34-26-20(13-25(38)32-15-17-10-18(30)12-19(31)11-17)28(2)9-8-23(36)29(3,16-35)22(28)14-21(26)39-27/h10-12,20,22-23,35-36H,4-9,13-16H2,1-3H3,(H,32,38)(H,33,34,37). The third-order valence-electron chi connectivity index (χ3n) is 8.95. The fourth-order valence-electron chi connectivity index (χ4n) is 6.59. The number of hydrogen-bond acceptors (Lipinski definition) is 6. The van der Waals surface area contributed by atoms with E-state index in [1.54, 1.807) is 0 Å². The summed E-state index contributed by atoms with van der Waals surface area (Å²) in [5.74, 6) is -2.23. The molecule has 5 unspecified atom stereocenters. The molecule has 2 aliphatic carbocycles. The van der Waals surface area contributed by atoms with E-state index < -0.39 is 28.6 Å². The molecule has 1 heterocycles. The van der Waals surface area contributed by atoms with E-state index in [0.717, 1.165) is 35.9 Å². The van der Waals surface area contributed by atoms with Crippen molar-refractivity contribution in [2.75, 3.05) is 11.9 Å². The molecule has 1 aromatic carbocycles. The van der Waals surface area contributed by atoms with E-state index in [0.29, 0.717) is 36.4 Å². The fourth-order valence-corrected chi connectivity index (χ4v) is 7.67. The lowest BCUT2D eigenvalue weighted by atomic mass is 9.47. The maximum atomic E-state index is 13.6. The second-order valence-electron chi connectivity index (χ2n) is 11.6. The number of nitrogens with zero attached hydrogens (tertiary/aromatic N) is 1. The minimum Gasteiger partial charge on any atom is -0.396 e. The number of carbonyl (C=O) groups excluding carboxylic acids is 2. The molecule has 2 aromatic rings. The lowest BCUT2D eigenvalue weighted by molar-refractivity contribution is -0.144. The number of amides is 2. The molecular formula is C29H39F2N3O4S. The van der Waals surface area contributed by atoms with Gasteiger partial charge in [0, 0.05) is 41.7 Å². The number of halogens is 2. The number of hydrogen-bond donors (Lipinski definition) is 4. The van der Waals surface area contributed by atoms with Crippen LogP contribution in [0.2, 0.25) is 0 Å². The summed E-state index contributed by atoms with van der Waals surface area (Å²) < 4.78 is 27.2. The van der Waals surface area contributed by atoms with Crippen LogP contribution in [0, 0.1) is 28.4 Å². The molecular weight excluding hydrogens is 524 g/mol. The highest BCUT2D eigenvalue weighted by molar-refractivity contribution is 7.15. The Hall–Kier alpha value is -2.43. The zero-order valence-corrected chi connectivity index (χ0v) is 23.7. The average Bonchev–Trinajstić information content (AvgIpc) is 3.28. The monoisotopic (exact) mass is 563 g/mol. The molecule has 214 valence electrons. The van der Waals surface area contributed by atoms with Crippen molar-refractivity contribution in [3.63, 3.8) is 0 Å². The number of fused-ring (bicyclic) bond motifs is 2. The second kappa shape index (κ2) is 12.0. The number of unbranched alkanes of at least 4 members (excludes halogenated alkanes) is 2. The van der Waals surface area contributed by atoms with Crippen LogP contribution in [-0.2, 0) is 22.6 Å². The molecule has 0 radical (unpaired) electrons. The molecule has 0 aliphatic heterocycles. The number of benzene rings is 1. The van der Waals surface area contributed by atoms with Gasteiger partial charge < -0.3 is 20.8 Å². The Bertz CT molecular complexity index is 1190. The van der Waals surface area contributed by atoms with Crippen molar-refractivity contribution in [1.82, 2.24) is 10.3 Å². The van der Waals surface area contributed by atoms with Crippen LogP contribution in [0.3, 0.4) is 0 Å². The Morgan fingerprint density at radius 1 is 1.15 bits per heavy atom. The van der Waals surface area contributed by atoms with Crippen molar-refractivity contribution in [3.05, 3.63) is 46.0 Å². The first-order chi connectivity index (χ1) is 18.5. The van der Waals surface area contributed by atoms with E-state index in [9.17, 15) is 28.6 Å². The predicted octanol–water partition coefficient (Wildman–Crippen LogP) is 5.06. The van der Waals surface area contributed by atoms with Gasteiger partial charge in [0.2, 0.25) is 11.8 Å². The number of thiazole rings is 1. The lowest BCUT2D eigenvalue weighted by Crippen LogP contribution is -2.57. The van der Waals surface area contributed by atoms with Crippen molar-refractivity contribution in [2.24, 2.45) is 16.7 Å². The van der Waals surface area contributed by atoms with Gasteiger partial charge in [0.1, 0.15) is 11.6 Å². The molecule has 5 atom stereocenters. The van der Waals surface area contributed by atoms with Crippen LogP contribution in [0.5, 0.6) is 0 Å². The minimum absolute atomic E-state index is 0.0174. The highest BCUT2D eigenvalue weighted by Gasteiger charge is 2.59. The summed E-state index contributed by atoms with van der Waals surface area (Å²) in [5, 5.41) is 27.5. The van der Waals surface area contributed by atoms with Crippen LogP contribution in [-0.4, -0.2) is 39.7 Å². The van der Waals surface area contributed by atoms with Crippen LogP contribution < -0.4 is 10.6 Å². The SMILES string of the molecule is CCCCCC(=O)Nc1nc2c(s1)CC1C(C)(CO)C(O)CCC1(C)C2CC(=O)NCc1cc(F)cc(F)c1. The van der Waals surface area contributed by atoms with Gasteiger partial charge in [0.25, 0.3) is 0 Å². The number of nitrogens with one attached hydrogen (secondary N) is 2. The van der Waals surface area contributed by atoms with E-state index in [-0.39, 0.29) is 43.2 Å². The highest BCUT2D eigenvalue weighted by Crippen LogP contribution is 2.62. The third kappa shape index (κ3) is 6.18. The van der Waals surface area contributed by atoms with Crippen LogP contribution in [0.1, 0.15) is 87.8 Å². The molecule has 0 bridgehead atoms. The molecule has 10 heteroatoms. The Balaban J connectivity index is 1.60. The van der Waals surface area contributed by atoms with E-state index in [1.807, 2.05) is 6.92 Å². The first kappa shape index (κ1) is 29.6. The molecule has 1 saturated carbocycles. The predicted molar refractivity (Wildman–Crippen MR) is 146 cm³/mol. The van der Waals surface area contributed by atoms with Gasteiger partial charge in [0.05, 0.1) is 18.4 Å². The van der Waals surface area contributed by atoms with Crippen LogP contribution >= 0.6 is 11.3 Å². The van der Waals surface area contributed by atoms with Gasteiger partial charge in [-0.2, -0.15) is 0 Å². The van der Waals surface area contributed by atoms with Crippen molar-refractivity contribution in [1.29, 1.82) is 0 Å². The van der Waals surface area contributed by atoms with Gasteiger partial charge in [-0.1, -0.05) is 33.6 Å². The quantitative estimate of drug-likeness (QED) is 0.302. The normalized spacial score (nSPS) is 27.9. The molecule has 2 amide bonds. The van der Waals surface area contributed by atoms with Gasteiger partial charge in [-0.3, -0.25) is 9.59 Å². The smallest absolute Gasteiger partial charge is 0.226 e. The van der Waals surface area contributed by atoms with Crippen LogP contribution in [0.25, 0.3) is 0 Å². The summed E-state index contributed by atoms with van der Waals surface area (Å²) in [5.41, 5.74) is -0.106. The van der Waals surface area contributed by atoms with E-state index >= 15 is 0 Å². The van der Waals surface area contributed by atoms with Gasteiger partial charge in [0.15, 0.2) is 5.13 Å². The average molecular weight is 564 g/mol. The van der Waals surface area contributed by atoms with Gasteiger partial charge in [-0.15, -0.1) is 11.3 Å². The summed E-state index contributed by atoms with van der Waals surface area (Å²) in [4.78, 5) is 31.5. The number of aliphatic hydroxyl groups excluding tert-OH is 2. The molecule has 0 spiro atoms. The van der Waals surface area contributed by atoms with Gasteiger partial charge >= 0.3 is 0 Å². The summed E-state index contributed by atoms with van der Waals surface area (Å²) in [7, 11) is 0.